The Hall–Kier alpha value is -3.51. The van der Waals surface area contributed by atoms with Gasteiger partial charge in [-0.1, -0.05) is 30.3 Å². The average molecular weight is 451 g/mol. The van der Waals surface area contributed by atoms with Crippen LogP contribution in [0.2, 0.25) is 0 Å². The first-order chi connectivity index (χ1) is 15.0. The van der Waals surface area contributed by atoms with E-state index in [0.717, 1.165) is 5.56 Å². The summed E-state index contributed by atoms with van der Waals surface area (Å²) < 4.78 is 0. The molecule has 0 spiro atoms. The highest BCUT2D eigenvalue weighted by Crippen LogP contribution is 2.03. The zero-order valence-corrected chi connectivity index (χ0v) is 17.6. The predicted octanol–water partition coefficient (Wildman–Crippen LogP) is -2.63. The lowest BCUT2D eigenvalue weighted by molar-refractivity contribution is -0.145. The highest BCUT2D eigenvalue weighted by atomic mass is 16.4. The van der Waals surface area contributed by atoms with E-state index in [1.807, 2.05) is 6.07 Å². The molecular weight excluding hydrogens is 422 g/mol. The minimum atomic E-state index is -1.62. The SMILES string of the molecule is CC(O)C(NC(=O)C(CCC(N)=O)NC(=O)CNC(=O)C(N)Cc1ccccc1)C(=O)O. The van der Waals surface area contributed by atoms with Crippen molar-refractivity contribution in [1.29, 1.82) is 0 Å². The fraction of sp³-hybridized carbons (Fsp3) is 0.450. The first-order valence-corrected chi connectivity index (χ1v) is 9.87. The van der Waals surface area contributed by atoms with Crippen molar-refractivity contribution < 1.29 is 34.2 Å². The standard InChI is InChI=1S/C20H29N5O7/c1-11(26)17(20(31)32)25-19(30)14(7-8-15(22)27)24-16(28)10-23-18(29)13(21)9-12-5-3-2-4-6-12/h2-6,11,13-14,17,26H,7-10,21H2,1H3,(H2,22,27)(H,23,29)(H,24,28)(H,25,30)(H,31,32). The van der Waals surface area contributed by atoms with Crippen LogP contribution >= 0.6 is 0 Å². The second-order valence-corrected chi connectivity index (χ2v) is 7.20. The average Bonchev–Trinajstić information content (AvgIpc) is 2.72. The number of aliphatic hydroxyl groups excluding tert-OH is 1. The number of nitrogens with one attached hydrogen (secondary N) is 3. The molecule has 1 rings (SSSR count). The zero-order chi connectivity index (χ0) is 24.3. The van der Waals surface area contributed by atoms with Crippen molar-refractivity contribution >= 4 is 29.6 Å². The molecule has 9 N–H and O–H groups in total. The maximum absolute atomic E-state index is 12.4. The lowest BCUT2D eigenvalue weighted by Gasteiger charge is -2.22. The van der Waals surface area contributed by atoms with Gasteiger partial charge in [0.2, 0.25) is 23.6 Å². The molecule has 4 atom stereocenters. The summed E-state index contributed by atoms with van der Waals surface area (Å²) in [5, 5.41) is 25.3. The van der Waals surface area contributed by atoms with Gasteiger partial charge in [0, 0.05) is 6.42 Å². The summed E-state index contributed by atoms with van der Waals surface area (Å²) >= 11 is 0. The third-order valence-electron chi connectivity index (χ3n) is 4.44. The van der Waals surface area contributed by atoms with Crippen LogP contribution in [-0.2, 0) is 30.4 Å². The molecule has 12 nitrogen and oxygen atoms in total. The molecule has 0 bridgehead atoms. The van der Waals surface area contributed by atoms with Crippen LogP contribution in [0.15, 0.2) is 30.3 Å². The molecule has 0 aliphatic heterocycles. The van der Waals surface area contributed by atoms with Crippen molar-refractivity contribution in [3.63, 3.8) is 0 Å². The quantitative estimate of drug-likeness (QED) is 0.168. The van der Waals surface area contributed by atoms with Gasteiger partial charge in [-0.15, -0.1) is 0 Å². The maximum Gasteiger partial charge on any atom is 0.328 e. The zero-order valence-electron chi connectivity index (χ0n) is 17.6. The highest BCUT2D eigenvalue weighted by Gasteiger charge is 2.29. The van der Waals surface area contributed by atoms with Crippen LogP contribution in [-0.4, -0.2) is 70.6 Å². The third kappa shape index (κ3) is 9.53. The van der Waals surface area contributed by atoms with Gasteiger partial charge in [-0.05, 0) is 25.3 Å². The number of rotatable bonds is 13. The van der Waals surface area contributed by atoms with E-state index in [-0.39, 0.29) is 19.3 Å². The summed E-state index contributed by atoms with van der Waals surface area (Å²) in [4.78, 5) is 59.0. The fourth-order valence-electron chi connectivity index (χ4n) is 2.70. The second-order valence-electron chi connectivity index (χ2n) is 7.20. The molecular formula is C20H29N5O7. The van der Waals surface area contributed by atoms with Crippen LogP contribution in [0.25, 0.3) is 0 Å². The van der Waals surface area contributed by atoms with E-state index in [4.69, 9.17) is 16.6 Å². The number of carbonyl (C=O) groups is 5. The molecule has 0 heterocycles. The Labute approximate surface area is 184 Å². The molecule has 0 fully saturated rings. The summed E-state index contributed by atoms with van der Waals surface area (Å²) in [5.41, 5.74) is 11.8. The number of carboxylic acids is 1. The van der Waals surface area contributed by atoms with Crippen LogP contribution < -0.4 is 27.4 Å². The minimum absolute atomic E-state index is 0.208. The lowest BCUT2D eigenvalue weighted by atomic mass is 10.1. The maximum atomic E-state index is 12.4. The van der Waals surface area contributed by atoms with E-state index >= 15 is 0 Å². The third-order valence-corrected chi connectivity index (χ3v) is 4.44. The van der Waals surface area contributed by atoms with Gasteiger partial charge in [-0.3, -0.25) is 19.2 Å². The Morgan fingerprint density at radius 3 is 2.19 bits per heavy atom. The number of nitrogens with two attached hydrogens (primary N) is 2. The number of carbonyl (C=O) groups excluding carboxylic acids is 4. The topological polar surface area (TPSA) is 214 Å². The molecule has 0 aliphatic carbocycles. The Kier molecular flexibility index (Phi) is 10.8. The van der Waals surface area contributed by atoms with Crippen molar-refractivity contribution in [2.75, 3.05) is 6.54 Å². The molecule has 32 heavy (non-hydrogen) atoms. The van der Waals surface area contributed by atoms with Crippen LogP contribution in [0.5, 0.6) is 0 Å². The van der Waals surface area contributed by atoms with Gasteiger partial charge in [-0.25, -0.2) is 4.79 Å². The van der Waals surface area contributed by atoms with Crippen LogP contribution in [0.3, 0.4) is 0 Å². The van der Waals surface area contributed by atoms with Crippen LogP contribution in [0, 0.1) is 0 Å². The molecule has 0 radical (unpaired) electrons. The fourth-order valence-corrected chi connectivity index (χ4v) is 2.70. The molecule has 12 heteroatoms. The van der Waals surface area contributed by atoms with E-state index in [1.165, 1.54) is 6.92 Å². The molecule has 0 saturated heterocycles. The van der Waals surface area contributed by atoms with Gasteiger partial charge in [-0.2, -0.15) is 0 Å². The molecule has 4 amide bonds. The molecule has 1 aromatic rings. The molecule has 4 unspecified atom stereocenters. The summed E-state index contributed by atoms with van der Waals surface area (Å²) in [6.45, 7) is 0.671. The molecule has 176 valence electrons. The van der Waals surface area contributed by atoms with E-state index in [2.05, 4.69) is 16.0 Å². The Morgan fingerprint density at radius 1 is 1.03 bits per heavy atom. The first-order valence-electron chi connectivity index (χ1n) is 9.87. The summed E-state index contributed by atoms with van der Waals surface area (Å²) in [5.74, 6) is -4.49. The van der Waals surface area contributed by atoms with E-state index in [1.54, 1.807) is 24.3 Å². The number of aliphatic carboxylic acids is 1. The molecule has 1 aromatic carbocycles. The smallest absolute Gasteiger partial charge is 0.328 e. The van der Waals surface area contributed by atoms with Crippen LogP contribution in [0.4, 0.5) is 0 Å². The van der Waals surface area contributed by atoms with Gasteiger partial charge in [0.1, 0.15) is 6.04 Å². The number of hydrogen-bond acceptors (Lipinski definition) is 7. The monoisotopic (exact) mass is 451 g/mol. The number of hydrogen-bond donors (Lipinski definition) is 7. The van der Waals surface area contributed by atoms with Crippen molar-refractivity contribution in [2.45, 2.75) is 50.4 Å². The number of carboxylic acid groups (broad SMARTS) is 1. The van der Waals surface area contributed by atoms with Gasteiger partial charge in [0.15, 0.2) is 6.04 Å². The van der Waals surface area contributed by atoms with Crippen molar-refractivity contribution in [2.24, 2.45) is 11.5 Å². The summed E-state index contributed by atoms with van der Waals surface area (Å²) in [6.07, 6.45) is -1.62. The van der Waals surface area contributed by atoms with Crippen molar-refractivity contribution in [3.8, 4) is 0 Å². The van der Waals surface area contributed by atoms with Crippen molar-refractivity contribution in [1.82, 2.24) is 16.0 Å². The van der Waals surface area contributed by atoms with Gasteiger partial charge in [0.05, 0.1) is 18.7 Å². The van der Waals surface area contributed by atoms with Crippen LogP contribution in [0.1, 0.15) is 25.3 Å². The molecule has 0 aromatic heterocycles. The normalized spacial score (nSPS) is 14.3. The largest absolute Gasteiger partial charge is 0.480 e. The van der Waals surface area contributed by atoms with E-state index in [0.29, 0.717) is 0 Å². The van der Waals surface area contributed by atoms with Gasteiger partial charge < -0.3 is 37.6 Å². The molecule has 0 saturated carbocycles. The Bertz CT molecular complexity index is 816. The number of benzene rings is 1. The van der Waals surface area contributed by atoms with E-state index < -0.39 is 60.4 Å². The van der Waals surface area contributed by atoms with Crippen molar-refractivity contribution in [3.05, 3.63) is 35.9 Å². The Morgan fingerprint density at radius 2 is 1.66 bits per heavy atom. The second kappa shape index (κ2) is 13.0. The first kappa shape index (κ1) is 26.5. The van der Waals surface area contributed by atoms with E-state index in [9.17, 15) is 29.1 Å². The molecule has 0 aliphatic rings. The predicted molar refractivity (Wildman–Crippen MR) is 113 cm³/mol. The minimum Gasteiger partial charge on any atom is -0.480 e. The Balaban J connectivity index is 2.66. The number of amides is 4. The summed E-state index contributed by atoms with van der Waals surface area (Å²) in [6, 6.07) is 5.20. The van der Waals surface area contributed by atoms with Gasteiger partial charge in [0.25, 0.3) is 0 Å². The lowest BCUT2D eigenvalue weighted by Crippen LogP contribution is -2.56. The number of aliphatic hydroxyl groups is 1. The summed E-state index contributed by atoms with van der Waals surface area (Å²) in [7, 11) is 0. The number of primary amides is 1. The highest BCUT2D eigenvalue weighted by molar-refractivity contribution is 5.93. The van der Waals surface area contributed by atoms with Gasteiger partial charge >= 0.3 is 5.97 Å².